The van der Waals surface area contributed by atoms with E-state index in [1.165, 1.54) is 6.20 Å². The average Bonchev–Trinajstić information content (AvgIpc) is 2.08. The number of nitrogens with zero attached hydrogens (tertiary/aromatic N) is 1. The molecular formula is C10H14FN. The van der Waals surface area contributed by atoms with Crippen molar-refractivity contribution >= 4 is 0 Å². The van der Waals surface area contributed by atoms with Crippen molar-refractivity contribution in [3.63, 3.8) is 0 Å². The molecule has 12 heavy (non-hydrogen) atoms. The molecule has 0 spiro atoms. The minimum atomic E-state index is -0.192. The summed E-state index contributed by atoms with van der Waals surface area (Å²) in [5, 5.41) is 0. The Kier molecular flexibility index (Phi) is 4.93. The van der Waals surface area contributed by atoms with Gasteiger partial charge in [0.2, 0.25) is 0 Å². The maximum atomic E-state index is 12.8. The molecule has 1 rings (SSSR count). The standard InChI is InChI=1S/C8H10FN.C2H4/c1-3-7-6(2)4-10-5-8(7)9;1-2/h4-5H,3H2,1-2H3;1-2H2. The predicted molar refractivity (Wildman–Crippen MR) is 49.6 cm³/mol. The zero-order chi connectivity index (χ0) is 9.56. The van der Waals surface area contributed by atoms with Crippen LogP contribution in [0.1, 0.15) is 18.1 Å². The summed E-state index contributed by atoms with van der Waals surface area (Å²) in [5.41, 5.74) is 1.71. The van der Waals surface area contributed by atoms with E-state index in [4.69, 9.17) is 0 Å². The first-order valence-corrected chi connectivity index (χ1v) is 3.84. The van der Waals surface area contributed by atoms with E-state index in [2.05, 4.69) is 18.1 Å². The highest BCUT2D eigenvalue weighted by molar-refractivity contribution is 5.22. The highest BCUT2D eigenvalue weighted by Gasteiger charge is 2.01. The normalized spacial score (nSPS) is 8.58. The topological polar surface area (TPSA) is 12.9 Å². The van der Waals surface area contributed by atoms with Gasteiger partial charge in [0.15, 0.2) is 0 Å². The van der Waals surface area contributed by atoms with Crippen molar-refractivity contribution in [1.29, 1.82) is 0 Å². The molecule has 1 nitrogen and oxygen atoms in total. The number of halogens is 1. The minimum Gasteiger partial charge on any atom is -0.261 e. The van der Waals surface area contributed by atoms with Crippen LogP contribution in [-0.2, 0) is 6.42 Å². The lowest BCUT2D eigenvalue weighted by Crippen LogP contribution is -1.92. The van der Waals surface area contributed by atoms with Gasteiger partial charge in [-0.3, -0.25) is 4.98 Å². The van der Waals surface area contributed by atoms with E-state index in [0.29, 0.717) is 0 Å². The smallest absolute Gasteiger partial charge is 0.144 e. The Morgan fingerprint density at radius 2 is 2.00 bits per heavy atom. The first-order chi connectivity index (χ1) is 5.75. The first-order valence-electron chi connectivity index (χ1n) is 3.84. The molecule has 0 aliphatic carbocycles. The van der Waals surface area contributed by atoms with Crippen LogP contribution in [0.2, 0.25) is 0 Å². The minimum absolute atomic E-state index is 0.192. The summed E-state index contributed by atoms with van der Waals surface area (Å²) in [4.78, 5) is 3.72. The predicted octanol–water partition coefficient (Wildman–Crippen LogP) is 2.89. The molecule has 0 N–H and O–H groups in total. The zero-order valence-corrected chi connectivity index (χ0v) is 7.60. The van der Waals surface area contributed by atoms with Gasteiger partial charge in [0, 0.05) is 6.20 Å². The van der Waals surface area contributed by atoms with Crippen molar-refractivity contribution in [2.45, 2.75) is 20.3 Å². The van der Waals surface area contributed by atoms with Gasteiger partial charge >= 0.3 is 0 Å². The summed E-state index contributed by atoms with van der Waals surface area (Å²) in [6.07, 6.45) is 3.67. The van der Waals surface area contributed by atoms with Gasteiger partial charge in [0.05, 0.1) is 6.20 Å². The first kappa shape index (κ1) is 10.8. The van der Waals surface area contributed by atoms with Crippen LogP contribution in [0.5, 0.6) is 0 Å². The van der Waals surface area contributed by atoms with E-state index in [1.54, 1.807) is 6.20 Å². The molecule has 0 saturated carbocycles. The number of hydrogen-bond acceptors (Lipinski definition) is 1. The molecule has 0 amide bonds. The lowest BCUT2D eigenvalue weighted by Gasteiger charge is -2.00. The third-order valence-corrected chi connectivity index (χ3v) is 1.57. The fourth-order valence-corrected chi connectivity index (χ4v) is 1.01. The van der Waals surface area contributed by atoms with Crippen molar-refractivity contribution in [3.05, 3.63) is 42.5 Å². The van der Waals surface area contributed by atoms with Crippen LogP contribution in [-0.4, -0.2) is 4.98 Å². The molecule has 0 radical (unpaired) electrons. The van der Waals surface area contributed by atoms with Crippen LogP contribution in [0.15, 0.2) is 25.6 Å². The lowest BCUT2D eigenvalue weighted by molar-refractivity contribution is 0.603. The Hall–Kier alpha value is -1.18. The van der Waals surface area contributed by atoms with Gasteiger partial charge < -0.3 is 0 Å². The molecule has 0 unspecified atom stereocenters. The molecule has 66 valence electrons. The summed E-state index contributed by atoms with van der Waals surface area (Å²) in [6, 6.07) is 0. The number of pyridine rings is 1. The van der Waals surface area contributed by atoms with Crippen LogP contribution < -0.4 is 0 Å². The highest BCUT2D eigenvalue weighted by Crippen LogP contribution is 2.10. The Morgan fingerprint density at radius 1 is 1.42 bits per heavy atom. The Balaban J connectivity index is 0.000000561. The third-order valence-electron chi connectivity index (χ3n) is 1.57. The SMILES string of the molecule is C=C.CCc1c(C)cncc1F. The van der Waals surface area contributed by atoms with Gasteiger partial charge in [-0.15, -0.1) is 13.2 Å². The fourth-order valence-electron chi connectivity index (χ4n) is 1.01. The zero-order valence-electron chi connectivity index (χ0n) is 7.60. The van der Waals surface area contributed by atoms with Gasteiger partial charge in [-0.2, -0.15) is 0 Å². The molecule has 0 aliphatic heterocycles. The van der Waals surface area contributed by atoms with Gasteiger partial charge in [0.1, 0.15) is 5.82 Å². The van der Waals surface area contributed by atoms with E-state index in [-0.39, 0.29) is 5.82 Å². The molecule has 1 aromatic heterocycles. The largest absolute Gasteiger partial charge is 0.261 e. The van der Waals surface area contributed by atoms with Gasteiger partial charge in [-0.1, -0.05) is 6.92 Å². The van der Waals surface area contributed by atoms with Crippen LogP contribution >= 0.6 is 0 Å². The second-order valence-corrected chi connectivity index (χ2v) is 2.27. The van der Waals surface area contributed by atoms with E-state index < -0.39 is 0 Å². The number of hydrogen-bond donors (Lipinski definition) is 0. The Bertz CT molecular complexity index is 225. The fraction of sp³-hybridized carbons (Fsp3) is 0.300. The molecule has 0 atom stereocenters. The summed E-state index contributed by atoms with van der Waals surface area (Å²) >= 11 is 0. The molecule has 0 aliphatic rings. The monoisotopic (exact) mass is 167 g/mol. The summed E-state index contributed by atoms with van der Waals surface area (Å²) < 4.78 is 12.8. The average molecular weight is 167 g/mol. The van der Waals surface area contributed by atoms with Gasteiger partial charge in [-0.05, 0) is 24.5 Å². The van der Waals surface area contributed by atoms with Crippen LogP contribution in [0.3, 0.4) is 0 Å². The van der Waals surface area contributed by atoms with E-state index in [9.17, 15) is 4.39 Å². The summed E-state index contributed by atoms with van der Waals surface area (Å²) in [6.45, 7) is 9.81. The molecule has 2 heteroatoms. The number of rotatable bonds is 1. The molecule has 1 heterocycles. The van der Waals surface area contributed by atoms with Gasteiger partial charge in [-0.25, -0.2) is 4.39 Å². The van der Waals surface area contributed by atoms with Crippen molar-refractivity contribution < 1.29 is 4.39 Å². The molecule has 0 fully saturated rings. The molecule has 0 aromatic carbocycles. The highest BCUT2D eigenvalue weighted by atomic mass is 19.1. The summed E-state index contributed by atoms with van der Waals surface area (Å²) in [5.74, 6) is -0.192. The van der Waals surface area contributed by atoms with Crippen LogP contribution in [0, 0.1) is 12.7 Å². The van der Waals surface area contributed by atoms with Crippen molar-refractivity contribution in [1.82, 2.24) is 4.98 Å². The van der Waals surface area contributed by atoms with Crippen LogP contribution in [0.4, 0.5) is 4.39 Å². The second kappa shape index (κ2) is 5.47. The molecular weight excluding hydrogens is 153 g/mol. The Morgan fingerprint density at radius 3 is 2.33 bits per heavy atom. The lowest BCUT2D eigenvalue weighted by atomic mass is 10.1. The van der Waals surface area contributed by atoms with Crippen molar-refractivity contribution in [2.24, 2.45) is 0 Å². The van der Waals surface area contributed by atoms with Crippen molar-refractivity contribution in [2.75, 3.05) is 0 Å². The number of aryl methyl sites for hydroxylation is 1. The second-order valence-electron chi connectivity index (χ2n) is 2.27. The quantitative estimate of drug-likeness (QED) is 0.586. The number of aromatic nitrogens is 1. The van der Waals surface area contributed by atoms with Gasteiger partial charge in [0.25, 0.3) is 0 Å². The molecule has 0 bridgehead atoms. The molecule has 1 aromatic rings. The molecule has 0 saturated heterocycles. The Labute approximate surface area is 73.0 Å². The van der Waals surface area contributed by atoms with Crippen molar-refractivity contribution in [3.8, 4) is 0 Å². The van der Waals surface area contributed by atoms with E-state index in [0.717, 1.165) is 17.5 Å². The maximum absolute atomic E-state index is 12.8. The van der Waals surface area contributed by atoms with E-state index >= 15 is 0 Å². The van der Waals surface area contributed by atoms with Crippen LogP contribution in [0.25, 0.3) is 0 Å². The van der Waals surface area contributed by atoms with E-state index in [1.807, 2.05) is 13.8 Å². The third kappa shape index (κ3) is 2.46. The maximum Gasteiger partial charge on any atom is 0.144 e. The summed E-state index contributed by atoms with van der Waals surface area (Å²) in [7, 11) is 0.